The summed E-state index contributed by atoms with van der Waals surface area (Å²) in [5.41, 5.74) is 0. The van der Waals surface area contributed by atoms with E-state index < -0.39 is 12.1 Å². The van der Waals surface area contributed by atoms with Crippen molar-refractivity contribution in [2.24, 2.45) is 0 Å². The molecule has 0 saturated carbocycles. The van der Waals surface area contributed by atoms with Crippen LogP contribution in [0.25, 0.3) is 0 Å². The fourth-order valence-electron chi connectivity index (χ4n) is 5.68. The molecule has 0 saturated heterocycles. The first-order valence-electron chi connectivity index (χ1n) is 23.0. The third-order valence-corrected chi connectivity index (χ3v) is 9.10. The van der Waals surface area contributed by atoms with Crippen molar-refractivity contribution >= 4 is 17.9 Å². The van der Waals surface area contributed by atoms with Crippen LogP contribution in [0.3, 0.4) is 0 Å². The number of carbonyl (C=O) groups is 3. The zero-order chi connectivity index (χ0) is 42.3. The summed E-state index contributed by atoms with van der Waals surface area (Å²) in [6.45, 7) is 6.28. The second-order valence-corrected chi connectivity index (χ2v) is 14.7. The van der Waals surface area contributed by atoms with Gasteiger partial charge in [0.15, 0.2) is 6.10 Å². The molecule has 0 aliphatic rings. The molecule has 1 atom stereocenters. The summed E-state index contributed by atoms with van der Waals surface area (Å²) in [6, 6.07) is 0. The molecule has 0 aromatic rings. The second-order valence-electron chi connectivity index (χ2n) is 14.7. The highest BCUT2D eigenvalue weighted by atomic mass is 16.6. The molecule has 0 fully saturated rings. The Hall–Kier alpha value is -3.93. The van der Waals surface area contributed by atoms with E-state index >= 15 is 0 Å². The van der Waals surface area contributed by atoms with Crippen molar-refractivity contribution < 1.29 is 28.6 Å². The van der Waals surface area contributed by atoms with Crippen molar-refractivity contribution in [3.63, 3.8) is 0 Å². The molecule has 0 aliphatic carbocycles. The zero-order valence-corrected chi connectivity index (χ0v) is 37.0. The summed E-state index contributed by atoms with van der Waals surface area (Å²) >= 11 is 0. The molecule has 6 heteroatoms. The van der Waals surface area contributed by atoms with Crippen molar-refractivity contribution in [3.8, 4) is 0 Å². The van der Waals surface area contributed by atoms with Crippen LogP contribution in [0.15, 0.2) is 109 Å². The van der Waals surface area contributed by atoms with Gasteiger partial charge in [-0.1, -0.05) is 188 Å². The topological polar surface area (TPSA) is 78.9 Å². The van der Waals surface area contributed by atoms with Crippen LogP contribution in [0.2, 0.25) is 0 Å². The van der Waals surface area contributed by atoms with Crippen LogP contribution in [0.1, 0.15) is 181 Å². The van der Waals surface area contributed by atoms with Crippen molar-refractivity contribution in [2.75, 3.05) is 13.2 Å². The number of carbonyl (C=O) groups excluding carboxylic acids is 3. The first-order chi connectivity index (χ1) is 28.5. The first-order valence-corrected chi connectivity index (χ1v) is 23.0. The van der Waals surface area contributed by atoms with Gasteiger partial charge >= 0.3 is 17.9 Å². The molecule has 1 unspecified atom stereocenters. The minimum absolute atomic E-state index is 0.127. The lowest BCUT2D eigenvalue weighted by atomic mass is 10.1. The lowest BCUT2D eigenvalue weighted by molar-refractivity contribution is -0.166. The molecule has 0 aromatic heterocycles. The van der Waals surface area contributed by atoms with Gasteiger partial charge < -0.3 is 14.2 Å². The highest BCUT2D eigenvalue weighted by molar-refractivity contribution is 5.71. The minimum Gasteiger partial charge on any atom is -0.462 e. The van der Waals surface area contributed by atoms with Gasteiger partial charge in [-0.25, -0.2) is 0 Å². The van der Waals surface area contributed by atoms with Crippen molar-refractivity contribution in [2.45, 2.75) is 187 Å². The quantitative estimate of drug-likeness (QED) is 0.0202. The molecule has 58 heavy (non-hydrogen) atoms. The molecular weight excluding hydrogens is 721 g/mol. The maximum absolute atomic E-state index is 12.7. The van der Waals surface area contributed by atoms with Crippen molar-refractivity contribution in [1.29, 1.82) is 0 Å². The lowest BCUT2D eigenvalue weighted by Crippen LogP contribution is -2.30. The molecule has 326 valence electrons. The van der Waals surface area contributed by atoms with E-state index in [0.717, 1.165) is 89.9 Å². The van der Waals surface area contributed by atoms with Crippen LogP contribution in [-0.2, 0) is 28.6 Å². The predicted octanol–water partition coefficient (Wildman–Crippen LogP) is 14.8. The van der Waals surface area contributed by atoms with Gasteiger partial charge in [0, 0.05) is 19.3 Å². The molecule has 0 bridgehead atoms. The Labute approximate surface area is 355 Å². The van der Waals surface area contributed by atoms with Gasteiger partial charge in [0.1, 0.15) is 13.2 Å². The van der Waals surface area contributed by atoms with Crippen LogP contribution in [0, 0.1) is 0 Å². The Morgan fingerprint density at radius 2 is 0.810 bits per heavy atom. The molecular formula is C52H82O6. The summed E-state index contributed by atoms with van der Waals surface area (Å²) in [7, 11) is 0. The van der Waals surface area contributed by atoms with E-state index in [1.807, 2.05) is 42.5 Å². The number of rotatable bonds is 39. The summed E-state index contributed by atoms with van der Waals surface area (Å²) < 4.78 is 16.6. The third kappa shape index (κ3) is 43.2. The average molecular weight is 803 g/mol. The third-order valence-electron chi connectivity index (χ3n) is 9.10. The number of esters is 3. The van der Waals surface area contributed by atoms with E-state index in [9.17, 15) is 14.4 Å². The SMILES string of the molecule is CC/C=C\C/C=C\CCCCC(=O)OCC(COC(=O)CCCCCCC\C=C/C=C\C=C/C=C\C=C/CCC)OC(=O)CC/C=C\C/C=C\CCCCCCCC. The number of hydrogen-bond acceptors (Lipinski definition) is 6. The van der Waals surface area contributed by atoms with E-state index in [-0.39, 0.29) is 31.6 Å². The lowest BCUT2D eigenvalue weighted by Gasteiger charge is -2.18. The average Bonchev–Trinajstić information content (AvgIpc) is 3.22. The maximum Gasteiger partial charge on any atom is 0.306 e. The van der Waals surface area contributed by atoms with E-state index in [2.05, 4.69) is 87.6 Å². The van der Waals surface area contributed by atoms with Crippen LogP contribution >= 0.6 is 0 Å². The molecule has 6 nitrogen and oxygen atoms in total. The maximum atomic E-state index is 12.7. The smallest absolute Gasteiger partial charge is 0.306 e. The second kappa shape index (κ2) is 45.8. The van der Waals surface area contributed by atoms with E-state index in [4.69, 9.17) is 14.2 Å². The van der Waals surface area contributed by atoms with Gasteiger partial charge in [-0.2, -0.15) is 0 Å². The Morgan fingerprint density at radius 1 is 0.379 bits per heavy atom. The standard InChI is InChI=1S/C52H82O6/c1-4-7-10-13-16-19-21-23-24-25-26-27-29-30-33-36-39-42-45-51(54)57-48-49(47-56-50(53)44-41-38-35-32-18-15-12-9-6-3)58-52(55)46-43-40-37-34-31-28-22-20-17-14-11-8-5-2/h9-10,12-13,16,18-19,21,23-28,31-32,37,40,49H,4-8,11,14-15,17,20,22,29-30,33-36,38-39,41-48H2,1-3H3/b12-9-,13-10-,19-16-,23-21-,25-24-,27-26-,31-28-,32-18-,40-37-. The fraction of sp³-hybridized carbons (Fsp3) is 0.596. The highest BCUT2D eigenvalue weighted by Gasteiger charge is 2.19. The van der Waals surface area contributed by atoms with Crippen LogP contribution < -0.4 is 0 Å². The molecule has 0 spiro atoms. The van der Waals surface area contributed by atoms with Gasteiger partial charge in [0.25, 0.3) is 0 Å². The summed E-state index contributed by atoms with van der Waals surface area (Å²) in [5.74, 6) is -1.07. The van der Waals surface area contributed by atoms with E-state index in [1.54, 1.807) is 0 Å². The Morgan fingerprint density at radius 3 is 1.36 bits per heavy atom. The largest absolute Gasteiger partial charge is 0.462 e. The van der Waals surface area contributed by atoms with Gasteiger partial charge in [-0.05, 0) is 83.5 Å². The Bertz CT molecular complexity index is 1240. The van der Waals surface area contributed by atoms with E-state index in [1.165, 1.54) is 44.9 Å². The Balaban J connectivity index is 4.52. The van der Waals surface area contributed by atoms with Crippen molar-refractivity contribution in [3.05, 3.63) is 109 Å². The minimum atomic E-state index is -0.832. The predicted molar refractivity (Wildman–Crippen MR) is 247 cm³/mol. The van der Waals surface area contributed by atoms with Crippen LogP contribution in [-0.4, -0.2) is 37.2 Å². The normalized spacial score (nSPS) is 13.1. The molecule has 0 amide bonds. The summed E-state index contributed by atoms with van der Waals surface area (Å²) in [6.07, 6.45) is 60.9. The highest BCUT2D eigenvalue weighted by Crippen LogP contribution is 2.11. The molecule has 0 aromatic carbocycles. The molecule has 0 N–H and O–H groups in total. The van der Waals surface area contributed by atoms with E-state index in [0.29, 0.717) is 19.3 Å². The summed E-state index contributed by atoms with van der Waals surface area (Å²) in [4.78, 5) is 37.7. The molecule has 0 heterocycles. The van der Waals surface area contributed by atoms with Gasteiger partial charge in [0.05, 0.1) is 0 Å². The Kier molecular flexibility index (Phi) is 42.7. The van der Waals surface area contributed by atoms with Crippen LogP contribution in [0.4, 0.5) is 0 Å². The fourth-order valence-corrected chi connectivity index (χ4v) is 5.68. The van der Waals surface area contributed by atoms with Gasteiger partial charge in [-0.15, -0.1) is 0 Å². The molecule has 0 radical (unpaired) electrons. The molecule has 0 aliphatic heterocycles. The van der Waals surface area contributed by atoms with Crippen molar-refractivity contribution in [1.82, 2.24) is 0 Å². The monoisotopic (exact) mass is 803 g/mol. The number of allylic oxidation sites excluding steroid dienone is 18. The van der Waals surface area contributed by atoms with Gasteiger partial charge in [-0.3, -0.25) is 14.4 Å². The number of unbranched alkanes of at least 4 members (excludes halogenated alkanes) is 14. The zero-order valence-electron chi connectivity index (χ0n) is 37.0. The first kappa shape index (κ1) is 54.1. The summed E-state index contributed by atoms with van der Waals surface area (Å²) in [5, 5.41) is 0. The molecule has 0 rings (SSSR count). The number of ether oxygens (including phenoxy) is 3. The van der Waals surface area contributed by atoms with Gasteiger partial charge in [0.2, 0.25) is 0 Å². The number of hydrogen-bond donors (Lipinski definition) is 0. The van der Waals surface area contributed by atoms with Crippen LogP contribution in [0.5, 0.6) is 0 Å².